The predicted molar refractivity (Wildman–Crippen MR) is 148 cm³/mol. The quantitative estimate of drug-likeness (QED) is 0.291. The summed E-state index contributed by atoms with van der Waals surface area (Å²) in [6.45, 7) is 7.54. The van der Waals surface area contributed by atoms with Gasteiger partial charge in [-0.3, -0.25) is 4.79 Å². The number of primary amides is 1. The summed E-state index contributed by atoms with van der Waals surface area (Å²) < 4.78 is 6.06. The topological polar surface area (TPSA) is 102 Å². The minimum atomic E-state index is -1.46. The summed E-state index contributed by atoms with van der Waals surface area (Å²) in [5.41, 5.74) is 10.8. The van der Waals surface area contributed by atoms with Gasteiger partial charge in [0, 0.05) is 17.5 Å². The van der Waals surface area contributed by atoms with Gasteiger partial charge in [-0.15, -0.1) is 0 Å². The van der Waals surface area contributed by atoms with Crippen LogP contribution in [0.5, 0.6) is 0 Å². The van der Waals surface area contributed by atoms with Gasteiger partial charge in [0.25, 0.3) is 0 Å². The predicted octanol–water partition coefficient (Wildman–Crippen LogP) is 5.80. The zero-order chi connectivity index (χ0) is 27.0. The van der Waals surface area contributed by atoms with Gasteiger partial charge < -0.3 is 15.3 Å². The fraction of sp³-hybridized carbons (Fsp3) is 0.219. The smallest absolute Gasteiger partial charge is 0.225 e. The molecule has 6 heteroatoms. The summed E-state index contributed by atoms with van der Waals surface area (Å²) in [5, 5.41) is 12.1. The number of rotatable bonds is 7. The van der Waals surface area contributed by atoms with Crippen molar-refractivity contribution in [2.24, 2.45) is 5.73 Å². The zero-order valence-electron chi connectivity index (χ0n) is 22.0. The van der Waals surface area contributed by atoms with Crippen LogP contribution in [-0.2, 0) is 10.4 Å². The molecule has 2 unspecified atom stereocenters. The number of amides is 1. The number of carbonyl (C=O) groups excluding carboxylic acids is 1. The van der Waals surface area contributed by atoms with Crippen molar-refractivity contribution >= 4 is 16.9 Å². The third-order valence-corrected chi connectivity index (χ3v) is 7.21. The number of aryl methyl sites for hydroxylation is 3. The highest BCUT2D eigenvalue weighted by molar-refractivity contribution is 5.87. The molecule has 0 saturated carbocycles. The van der Waals surface area contributed by atoms with E-state index in [1.165, 1.54) is 0 Å². The molecule has 0 bridgehead atoms. The van der Waals surface area contributed by atoms with E-state index in [1.807, 2.05) is 48.5 Å². The first-order valence-corrected chi connectivity index (χ1v) is 12.6. The lowest BCUT2D eigenvalue weighted by Gasteiger charge is -2.28. The van der Waals surface area contributed by atoms with Crippen molar-refractivity contribution in [3.05, 3.63) is 130 Å². The molecule has 192 valence electrons. The Labute approximate surface area is 222 Å². The molecular weight excluding hydrogens is 474 g/mol. The van der Waals surface area contributed by atoms with Crippen LogP contribution in [0.2, 0.25) is 0 Å². The second-order valence-electron chi connectivity index (χ2n) is 10.1. The Kier molecular flexibility index (Phi) is 6.59. The lowest BCUT2D eigenvalue weighted by Crippen LogP contribution is -2.28. The molecule has 0 radical (unpaired) electrons. The number of nitrogens with zero attached hydrogens (tertiary/aromatic N) is 2. The molecule has 0 saturated heterocycles. The number of carbonyl (C=O) groups is 1. The second-order valence-corrected chi connectivity index (χ2v) is 10.1. The molecule has 2 heterocycles. The molecule has 0 aliphatic heterocycles. The van der Waals surface area contributed by atoms with Crippen molar-refractivity contribution in [3.8, 4) is 0 Å². The van der Waals surface area contributed by atoms with Crippen molar-refractivity contribution in [2.45, 2.75) is 45.1 Å². The maximum absolute atomic E-state index is 13.1. The van der Waals surface area contributed by atoms with Crippen molar-refractivity contribution < 1.29 is 14.3 Å². The van der Waals surface area contributed by atoms with Crippen molar-refractivity contribution in [1.82, 2.24) is 9.97 Å². The Hall–Kier alpha value is -4.29. The molecule has 0 spiro atoms. The third kappa shape index (κ3) is 4.71. The Morgan fingerprint density at radius 3 is 2.39 bits per heavy atom. The van der Waals surface area contributed by atoms with Crippen LogP contribution in [0.4, 0.5) is 0 Å². The van der Waals surface area contributed by atoms with E-state index in [2.05, 4.69) is 42.0 Å². The normalized spacial score (nSPS) is 14.7. The SMILES string of the molecule is Cc1ccc([C@H](c2ccccc2)C(C(N)=O)c2ccc3oc(C(C)(O)c4ccnc(C)n4)cc3c2)c(C)c1. The average molecular weight is 506 g/mol. The molecule has 38 heavy (non-hydrogen) atoms. The largest absolute Gasteiger partial charge is 0.458 e. The molecule has 5 rings (SSSR count). The van der Waals surface area contributed by atoms with E-state index in [-0.39, 0.29) is 5.92 Å². The minimum absolute atomic E-state index is 0.273. The number of hydrogen-bond acceptors (Lipinski definition) is 5. The molecule has 3 aromatic carbocycles. The monoisotopic (exact) mass is 505 g/mol. The van der Waals surface area contributed by atoms with Gasteiger partial charge in [-0.2, -0.15) is 0 Å². The Morgan fingerprint density at radius 2 is 1.71 bits per heavy atom. The van der Waals surface area contributed by atoms with E-state index < -0.39 is 17.4 Å². The minimum Gasteiger partial charge on any atom is -0.458 e. The number of aromatic nitrogens is 2. The fourth-order valence-corrected chi connectivity index (χ4v) is 5.26. The van der Waals surface area contributed by atoms with E-state index in [1.54, 1.807) is 32.2 Å². The van der Waals surface area contributed by atoms with Gasteiger partial charge in [0.05, 0.1) is 11.6 Å². The number of aliphatic hydroxyl groups is 1. The maximum Gasteiger partial charge on any atom is 0.225 e. The van der Waals surface area contributed by atoms with Crippen molar-refractivity contribution in [1.29, 1.82) is 0 Å². The lowest BCUT2D eigenvalue weighted by atomic mass is 9.75. The van der Waals surface area contributed by atoms with E-state index in [0.717, 1.165) is 33.2 Å². The van der Waals surface area contributed by atoms with Gasteiger partial charge in [0.15, 0.2) is 5.60 Å². The molecule has 5 aromatic rings. The molecule has 3 atom stereocenters. The summed E-state index contributed by atoms with van der Waals surface area (Å²) in [5.74, 6) is -0.390. The van der Waals surface area contributed by atoms with Crippen LogP contribution in [0.25, 0.3) is 11.0 Å². The Morgan fingerprint density at radius 1 is 0.947 bits per heavy atom. The highest BCUT2D eigenvalue weighted by Crippen LogP contribution is 2.41. The molecule has 6 nitrogen and oxygen atoms in total. The van der Waals surface area contributed by atoms with Crippen LogP contribution >= 0.6 is 0 Å². The Bertz CT molecular complexity index is 1620. The van der Waals surface area contributed by atoms with E-state index in [4.69, 9.17) is 10.2 Å². The number of fused-ring (bicyclic) bond motifs is 1. The molecule has 0 fully saturated rings. The first-order chi connectivity index (χ1) is 18.1. The van der Waals surface area contributed by atoms with Crippen LogP contribution < -0.4 is 5.73 Å². The van der Waals surface area contributed by atoms with Gasteiger partial charge in [-0.25, -0.2) is 9.97 Å². The van der Waals surface area contributed by atoms with E-state index in [0.29, 0.717) is 22.9 Å². The van der Waals surface area contributed by atoms with Gasteiger partial charge in [0.2, 0.25) is 5.91 Å². The fourth-order valence-electron chi connectivity index (χ4n) is 5.26. The van der Waals surface area contributed by atoms with E-state index >= 15 is 0 Å². The van der Waals surface area contributed by atoms with E-state index in [9.17, 15) is 9.90 Å². The van der Waals surface area contributed by atoms with Crippen LogP contribution in [0.1, 0.15) is 63.9 Å². The van der Waals surface area contributed by atoms with Gasteiger partial charge in [-0.1, -0.05) is 60.2 Å². The van der Waals surface area contributed by atoms with Crippen LogP contribution in [0.3, 0.4) is 0 Å². The van der Waals surface area contributed by atoms with Gasteiger partial charge >= 0.3 is 0 Å². The third-order valence-electron chi connectivity index (χ3n) is 7.21. The molecular formula is C32H31N3O3. The second kappa shape index (κ2) is 9.88. The molecule has 0 aliphatic carbocycles. The average Bonchev–Trinajstić information content (AvgIpc) is 3.32. The Balaban J connectivity index is 1.63. The van der Waals surface area contributed by atoms with Crippen molar-refractivity contribution in [2.75, 3.05) is 0 Å². The number of benzene rings is 3. The highest BCUT2D eigenvalue weighted by Gasteiger charge is 2.34. The highest BCUT2D eigenvalue weighted by atomic mass is 16.4. The van der Waals surface area contributed by atoms with Crippen molar-refractivity contribution in [3.63, 3.8) is 0 Å². The van der Waals surface area contributed by atoms with Gasteiger partial charge in [0.1, 0.15) is 17.2 Å². The standard InChI is InChI=1S/C32H31N3O3/c1-19-10-12-25(20(2)16-19)29(22-8-6-5-7-9-22)30(31(33)36)23-11-13-26-24(17-23)18-28(38-26)32(4,37)27-14-15-34-21(3)35-27/h5-18,29-30,37H,1-4H3,(H2,33,36)/t29-,30?,32?/m0/s1. The summed E-state index contributed by atoms with van der Waals surface area (Å²) in [6, 6.07) is 25.4. The molecule has 2 aromatic heterocycles. The van der Waals surface area contributed by atoms with Crippen LogP contribution in [0.15, 0.2) is 89.5 Å². The number of nitrogens with two attached hydrogens (primary N) is 1. The summed E-state index contributed by atoms with van der Waals surface area (Å²) in [4.78, 5) is 21.6. The van der Waals surface area contributed by atoms with Crippen LogP contribution in [-0.4, -0.2) is 21.0 Å². The van der Waals surface area contributed by atoms with Gasteiger partial charge in [-0.05, 0) is 74.2 Å². The summed E-state index contributed by atoms with van der Waals surface area (Å²) in [7, 11) is 0. The molecule has 3 N–H and O–H groups in total. The number of furan rings is 1. The first-order valence-electron chi connectivity index (χ1n) is 12.6. The lowest BCUT2D eigenvalue weighted by molar-refractivity contribution is -0.119. The summed E-state index contributed by atoms with van der Waals surface area (Å²) in [6.07, 6.45) is 1.61. The zero-order valence-corrected chi connectivity index (χ0v) is 22.0. The maximum atomic E-state index is 13.1. The summed E-state index contributed by atoms with van der Waals surface area (Å²) >= 11 is 0. The first kappa shape index (κ1) is 25.4. The van der Waals surface area contributed by atoms with Crippen LogP contribution in [0, 0.1) is 20.8 Å². The molecule has 1 amide bonds. The number of hydrogen-bond donors (Lipinski definition) is 2. The molecule has 0 aliphatic rings.